The monoisotopic (exact) mass is 297 g/mol. The van der Waals surface area contributed by atoms with Crippen LogP contribution in [0.2, 0.25) is 0 Å². The summed E-state index contributed by atoms with van der Waals surface area (Å²) in [6, 6.07) is 17.5. The molecule has 1 N–H and O–H groups in total. The van der Waals surface area contributed by atoms with E-state index in [9.17, 15) is 4.79 Å². The van der Waals surface area contributed by atoms with Gasteiger partial charge in [-0.05, 0) is 59.0 Å². The summed E-state index contributed by atoms with van der Waals surface area (Å²) in [4.78, 5) is 12.7. The molecule has 3 aromatic carbocycles. The zero-order valence-electron chi connectivity index (χ0n) is 12.6. The first kappa shape index (κ1) is 13.6. The van der Waals surface area contributed by atoms with Crippen molar-refractivity contribution in [3.63, 3.8) is 0 Å². The zero-order valence-corrected chi connectivity index (χ0v) is 12.6. The van der Waals surface area contributed by atoms with Crippen LogP contribution in [0.25, 0.3) is 10.8 Å². The highest BCUT2D eigenvalue weighted by Gasteiger charge is 2.18. The van der Waals surface area contributed by atoms with Crippen molar-refractivity contribution in [2.75, 3.05) is 5.32 Å². The molecule has 0 fully saturated rings. The molecular formula is C21H15NO. The van der Waals surface area contributed by atoms with E-state index >= 15 is 0 Å². The zero-order chi connectivity index (χ0) is 15.8. The second-order valence-corrected chi connectivity index (χ2v) is 5.79. The molecule has 0 atom stereocenters. The van der Waals surface area contributed by atoms with Crippen LogP contribution in [0.15, 0.2) is 54.6 Å². The molecule has 0 bridgehead atoms. The molecule has 1 aliphatic carbocycles. The lowest BCUT2D eigenvalue weighted by Gasteiger charge is -2.10. The van der Waals surface area contributed by atoms with Crippen LogP contribution in [0.1, 0.15) is 27.0 Å². The molecule has 0 aromatic heterocycles. The minimum atomic E-state index is -0.102. The van der Waals surface area contributed by atoms with E-state index in [4.69, 9.17) is 6.42 Å². The van der Waals surface area contributed by atoms with Gasteiger partial charge in [0.15, 0.2) is 0 Å². The summed E-state index contributed by atoms with van der Waals surface area (Å²) < 4.78 is 0. The van der Waals surface area contributed by atoms with Gasteiger partial charge in [-0.3, -0.25) is 4.79 Å². The standard InChI is InChI=1S/C21H15NO/c1-2-14-5-3-7-17(13-14)22-21(23)19-12-11-16-10-9-15-6-4-8-18(19)20(15)16/h1,3-8,11-13H,9-10H2,(H,22,23). The van der Waals surface area contributed by atoms with Gasteiger partial charge in [-0.25, -0.2) is 0 Å². The summed E-state index contributed by atoms with van der Waals surface area (Å²) in [7, 11) is 0. The van der Waals surface area contributed by atoms with Gasteiger partial charge < -0.3 is 5.32 Å². The summed E-state index contributed by atoms with van der Waals surface area (Å²) >= 11 is 0. The van der Waals surface area contributed by atoms with Crippen molar-refractivity contribution >= 4 is 22.4 Å². The Kier molecular flexibility index (Phi) is 3.13. The smallest absolute Gasteiger partial charge is 0.256 e. The van der Waals surface area contributed by atoms with Crippen LogP contribution in [0.4, 0.5) is 5.69 Å². The highest BCUT2D eigenvalue weighted by Crippen LogP contribution is 2.33. The number of nitrogens with one attached hydrogen (secondary N) is 1. The molecule has 0 radical (unpaired) electrons. The van der Waals surface area contributed by atoms with E-state index in [-0.39, 0.29) is 5.91 Å². The van der Waals surface area contributed by atoms with E-state index in [1.807, 2.05) is 36.4 Å². The van der Waals surface area contributed by atoms with Gasteiger partial charge in [0.1, 0.15) is 0 Å². The highest BCUT2D eigenvalue weighted by molar-refractivity contribution is 6.14. The third-order valence-corrected chi connectivity index (χ3v) is 4.41. The van der Waals surface area contributed by atoms with E-state index < -0.39 is 0 Å². The summed E-state index contributed by atoms with van der Waals surface area (Å²) in [5.74, 6) is 2.48. The Bertz CT molecular complexity index is 969. The molecule has 23 heavy (non-hydrogen) atoms. The number of aryl methyl sites for hydroxylation is 2. The maximum absolute atomic E-state index is 12.7. The quantitative estimate of drug-likeness (QED) is 0.707. The molecule has 0 heterocycles. The van der Waals surface area contributed by atoms with Crippen LogP contribution in [-0.4, -0.2) is 5.91 Å². The van der Waals surface area contributed by atoms with Gasteiger partial charge in [0.05, 0.1) is 0 Å². The summed E-state index contributed by atoms with van der Waals surface area (Å²) in [6.45, 7) is 0. The molecule has 0 saturated carbocycles. The third kappa shape index (κ3) is 2.27. The fraction of sp³-hybridized carbons (Fsp3) is 0.0952. The number of terminal acetylenes is 1. The first-order chi connectivity index (χ1) is 11.3. The fourth-order valence-electron chi connectivity index (χ4n) is 3.33. The topological polar surface area (TPSA) is 29.1 Å². The fourth-order valence-corrected chi connectivity index (χ4v) is 3.33. The summed E-state index contributed by atoms with van der Waals surface area (Å²) in [5, 5.41) is 5.23. The van der Waals surface area contributed by atoms with Gasteiger partial charge in [-0.15, -0.1) is 6.42 Å². The van der Waals surface area contributed by atoms with Crippen molar-refractivity contribution in [2.45, 2.75) is 12.8 Å². The van der Waals surface area contributed by atoms with Crippen molar-refractivity contribution in [3.05, 3.63) is 76.9 Å². The van der Waals surface area contributed by atoms with Gasteiger partial charge in [-0.1, -0.05) is 36.3 Å². The lowest BCUT2D eigenvalue weighted by molar-refractivity contribution is 0.102. The van der Waals surface area contributed by atoms with Gasteiger partial charge in [0.25, 0.3) is 5.91 Å². The van der Waals surface area contributed by atoms with E-state index in [0.29, 0.717) is 11.3 Å². The second-order valence-electron chi connectivity index (χ2n) is 5.79. The van der Waals surface area contributed by atoms with Crippen LogP contribution in [0, 0.1) is 12.3 Å². The second kappa shape index (κ2) is 5.30. The molecule has 4 rings (SSSR count). The van der Waals surface area contributed by atoms with Gasteiger partial charge in [-0.2, -0.15) is 0 Å². The highest BCUT2D eigenvalue weighted by atomic mass is 16.1. The maximum atomic E-state index is 12.7. The maximum Gasteiger partial charge on any atom is 0.256 e. The number of hydrogen-bond donors (Lipinski definition) is 1. The van der Waals surface area contributed by atoms with Crippen molar-refractivity contribution in [1.82, 2.24) is 0 Å². The molecule has 0 saturated heterocycles. The van der Waals surface area contributed by atoms with E-state index in [1.54, 1.807) is 6.07 Å². The van der Waals surface area contributed by atoms with E-state index in [1.165, 1.54) is 16.5 Å². The first-order valence-corrected chi connectivity index (χ1v) is 7.68. The van der Waals surface area contributed by atoms with Crippen LogP contribution < -0.4 is 5.32 Å². The minimum Gasteiger partial charge on any atom is -0.322 e. The molecule has 3 aromatic rings. The predicted octanol–water partition coefficient (Wildman–Crippen LogP) is 4.17. The third-order valence-electron chi connectivity index (χ3n) is 4.41. The molecule has 0 spiro atoms. The Morgan fingerprint density at radius 2 is 1.78 bits per heavy atom. The summed E-state index contributed by atoms with van der Waals surface area (Å²) in [5.41, 5.74) is 4.85. The molecule has 1 aliphatic rings. The molecule has 0 aliphatic heterocycles. The molecular weight excluding hydrogens is 282 g/mol. The number of anilines is 1. The van der Waals surface area contributed by atoms with Crippen molar-refractivity contribution in [1.29, 1.82) is 0 Å². The van der Waals surface area contributed by atoms with Crippen LogP contribution in [0.5, 0.6) is 0 Å². The lowest BCUT2D eigenvalue weighted by atomic mass is 9.99. The molecule has 2 nitrogen and oxygen atoms in total. The Hall–Kier alpha value is -3.05. The van der Waals surface area contributed by atoms with Crippen molar-refractivity contribution in [2.24, 2.45) is 0 Å². The largest absolute Gasteiger partial charge is 0.322 e. The molecule has 2 heteroatoms. The molecule has 0 unspecified atom stereocenters. The van der Waals surface area contributed by atoms with Crippen molar-refractivity contribution < 1.29 is 4.79 Å². The minimum absolute atomic E-state index is 0.102. The summed E-state index contributed by atoms with van der Waals surface area (Å²) in [6.07, 6.45) is 7.53. The average Bonchev–Trinajstić information content (AvgIpc) is 3.00. The Morgan fingerprint density at radius 3 is 2.61 bits per heavy atom. The molecule has 1 amide bonds. The SMILES string of the molecule is C#Cc1cccc(NC(=O)c2ccc3c4c(cccc24)CC3)c1. The number of hydrogen-bond acceptors (Lipinski definition) is 1. The number of benzene rings is 3. The van der Waals surface area contributed by atoms with Crippen molar-refractivity contribution in [3.8, 4) is 12.3 Å². The average molecular weight is 297 g/mol. The Labute approximate surface area is 135 Å². The normalized spacial score (nSPS) is 12.1. The van der Waals surface area contributed by atoms with E-state index in [0.717, 1.165) is 23.8 Å². The van der Waals surface area contributed by atoms with E-state index in [2.05, 4.69) is 23.4 Å². The predicted molar refractivity (Wildman–Crippen MR) is 93.7 cm³/mol. The molecule has 110 valence electrons. The van der Waals surface area contributed by atoms with Crippen LogP contribution >= 0.6 is 0 Å². The number of rotatable bonds is 2. The lowest BCUT2D eigenvalue weighted by Crippen LogP contribution is -2.12. The Morgan fingerprint density at radius 1 is 1.00 bits per heavy atom. The Balaban J connectivity index is 1.75. The van der Waals surface area contributed by atoms with Crippen LogP contribution in [-0.2, 0) is 12.8 Å². The van der Waals surface area contributed by atoms with Crippen LogP contribution in [0.3, 0.4) is 0 Å². The van der Waals surface area contributed by atoms with Gasteiger partial charge in [0.2, 0.25) is 0 Å². The first-order valence-electron chi connectivity index (χ1n) is 7.68. The number of carbonyl (C=O) groups is 1. The number of amides is 1. The van der Waals surface area contributed by atoms with Gasteiger partial charge >= 0.3 is 0 Å². The number of carbonyl (C=O) groups excluding carboxylic acids is 1. The van der Waals surface area contributed by atoms with Gasteiger partial charge in [0, 0.05) is 16.8 Å².